The summed E-state index contributed by atoms with van der Waals surface area (Å²) in [4.78, 5) is 2.79. The molecule has 0 amide bonds. The van der Waals surface area contributed by atoms with E-state index < -0.39 is 0 Å². The second-order valence-electron chi connectivity index (χ2n) is 7.98. The van der Waals surface area contributed by atoms with Gasteiger partial charge in [0.25, 0.3) is 0 Å². The number of hydrogen-bond donors (Lipinski definition) is 1. The summed E-state index contributed by atoms with van der Waals surface area (Å²) in [6.45, 7) is 11.0. The Bertz CT molecular complexity index is 271. The lowest BCUT2D eigenvalue weighted by molar-refractivity contribution is 0.161. The molecule has 0 spiro atoms. The molecule has 2 rings (SSSR count). The van der Waals surface area contributed by atoms with Crippen molar-refractivity contribution in [2.24, 2.45) is 11.8 Å². The third kappa shape index (κ3) is 5.90. The molecule has 124 valence electrons. The van der Waals surface area contributed by atoms with Gasteiger partial charge in [0.1, 0.15) is 0 Å². The molecule has 1 saturated carbocycles. The number of nitrogens with one attached hydrogen (secondary N) is 1. The summed E-state index contributed by atoms with van der Waals surface area (Å²) in [5.41, 5.74) is 0. The number of rotatable bonds is 6. The van der Waals surface area contributed by atoms with Crippen LogP contribution in [0.1, 0.15) is 78.6 Å². The summed E-state index contributed by atoms with van der Waals surface area (Å²) in [6.07, 6.45) is 12.8. The molecule has 2 unspecified atom stereocenters. The van der Waals surface area contributed by atoms with Gasteiger partial charge in [-0.25, -0.2) is 0 Å². The van der Waals surface area contributed by atoms with Crippen molar-refractivity contribution in [3.8, 4) is 0 Å². The maximum absolute atomic E-state index is 3.87. The van der Waals surface area contributed by atoms with Crippen LogP contribution in [0.25, 0.3) is 0 Å². The van der Waals surface area contributed by atoms with Crippen LogP contribution in [0.15, 0.2) is 0 Å². The van der Waals surface area contributed by atoms with Crippen molar-refractivity contribution in [1.82, 2.24) is 10.2 Å². The van der Waals surface area contributed by atoms with Crippen molar-refractivity contribution in [3.63, 3.8) is 0 Å². The highest BCUT2D eigenvalue weighted by molar-refractivity contribution is 4.86. The smallest absolute Gasteiger partial charge is 0.0223 e. The number of hydrogen-bond acceptors (Lipinski definition) is 2. The maximum atomic E-state index is 3.87. The Morgan fingerprint density at radius 3 is 2.48 bits per heavy atom. The van der Waals surface area contributed by atoms with E-state index in [9.17, 15) is 0 Å². The molecule has 0 radical (unpaired) electrons. The SMILES string of the molecule is CC(C)CCCC(C)N1CCCNC(C2CCCCC2)C1. The summed E-state index contributed by atoms with van der Waals surface area (Å²) >= 11 is 0. The molecule has 0 bridgehead atoms. The molecule has 2 aliphatic rings. The molecule has 1 heterocycles. The third-order valence-electron chi connectivity index (χ3n) is 5.71. The van der Waals surface area contributed by atoms with E-state index in [1.165, 1.54) is 77.4 Å². The lowest BCUT2D eigenvalue weighted by Crippen LogP contribution is -2.46. The van der Waals surface area contributed by atoms with Crippen LogP contribution in [-0.2, 0) is 0 Å². The van der Waals surface area contributed by atoms with Gasteiger partial charge in [-0.15, -0.1) is 0 Å². The first-order valence-electron chi connectivity index (χ1n) is 9.64. The van der Waals surface area contributed by atoms with Crippen LogP contribution in [0.5, 0.6) is 0 Å². The van der Waals surface area contributed by atoms with Crippen LogP contribution in [0.2, 0.25) is 0 Å². The van der Waals surface area contributed by atoms with E-state index in [4.69, 9.17) is 0 Å². The van der Waals surface area contributed by atoms with E-state index in [1.54, 1.807) is 0 Å². The predicted molar refractivity (Wildman–Crippen MR) is 92.7 cm³/mol. The van der Waals surface area contributed by atoms with Gasteiger partial charge < -0.3 is 5.32 Å². The first kappa shape index (κ1) is 17.3. The van der Waals surface area contributed by atoms with Gasteiger partial charge in [0.15, 0.2) is 0 Å². The zero-order valence-electron chi connectivity index (χ0n) is 14.7. The lowest BCUT2D eigenvalue weighted by atomic mass is 9.83. The predicted octanol–water partition coefficient (Wildman–Crippen LogP) is 4.45. The Balaban J connectivity index is 1.80. The van der Waals surface area contributed by atoms with Crippen LogP contribution in [0, 0.1) is 11.8 Å². The number of nitrogens with zero attached hydrogens (tertiary/aromatic N) is 1. The second-order valence-corrected chi connectivity index (χ2v) is 7.98. The molecule has 1 aliphatic heterocycles. The van der Waals surface area contributed by atoms with Crippen molar-refractivity contribution in [2.45, 2.75) is 90.6 Å². The molecular weight excluding hydrogens is 256 g/mol. The van der Waals surface area contributed by atoms with Gasteiger partial charge in [0.2, 0.25) is 0 Å². The lowest BCUT2D eigenvalue weighted by Gasteiger charge is -2.35. The Labute approximate surface area is 133 Å². The van der Waals surface area contributed by atoms with Gasteiger partial charge >= 0.3 is 0 Å². The van der Waals surface area contributed by atoms with Gasteiger partial charge in [0.05, 0.1) is 0 Å². The van der Waals surface area contributed by atoms with Crippen molar-refractivity contribution in [3.05, 3.63) is 0 Å². The zero-order chi connectivity index (χ0) is 15.1. The van der Waals surface area contributed by atoms with Gasteiger partial charge in [-0.3, -0.25) is 4.90 Å². The molecule has 2 fully saturated rings. The molecular formula is C19H38N2. The summed E-state index contributed by atoms with van der Waals surface area (Å²) in [6, 6.07) is 1.54. The fourth-order valence-electron chi connectivity index (χ4n) is 4.23. The molecule has 21 heavy (non-hydrogen) atoms. The Hall–Kier alpha value is -0.0800. The minimum atomic E-state index is 0.764. The van der Waals surface area contributed by atoms with E-state index in [-0.39, 0.29) is 0 Å². The highest BCUT2D eigenvalue weighted by Crippen LogP contribution is 2.28. The monoisotopic (exact) mass is 294 g/mol. The molecule has 2 atom stereocenters. The van der Waals surface area contributed by atoms with Crippen molar-refractivity contribution < 1.29 is 0 Å². The van der Waals surface area contributed by atoms with E-state index in [0.29, 0.717) is 0 Å². The van der Waals surface area contributed by atoms with Crippen molar-refractivity contribution in [2.75, 3.05) is 19.6 Å². The molecule has 0 aromatic rings. The largest absolute Gasteiger partial charge is 0.312 e. The third-order valence-corrected chi connectivity index (χ3v) is 5.71. The van der Waals surface area contributed by atoms with Crippen molar-refractivity contribution in [1.29, 1.82) is 0 Å². The van der Waals surface area contributed by atoms with Crippen LogP contribution in [-0.4, -0.2) is 36.6 Å². The van der Waals surface area contributed by atoms with E-state index in [2.05, 4.69) is 31.0 Å². The summed E-state index contributed by atoms with van der Waals surface area (Å²) in [5.74, 6) is 1.81. The quantitative estimate of drug-likeness (QED) is 0.779. The van der Waals surface area contributed by atoms with Crippen LogP contribution in [0.3, 0.4) is 0 Å². The summed E-state index contributed by atoms with van der Waals surface area (Å²) in [5, 5.41) is 3.87. The second kappa shape index (κ2) is 9.15. The van der Waals surface area contributed by atoms with Gasteiger partial charge in [-0.1, -0.05) is 46.0 Å². The molecule has 0 aromatic heterocycles. The van der Waals surface area contributed by atoms with Crippen LogP contribution >= 0.6 is 0 Å². The van der Waals surface area contributed by atoms with Gasteiger partial charge in [-0.05, 0) is 57.5 Å². The van der Waals surface area contributed by atoms with Crippen molar-refractivity contribution >= 4 is 0 Å². The topological polar surface area (TPSA) is 15.3 Å². The normalized spacial score (nSPS) is 27.7. The molecule has 2 heteroatoms. The summed E-state index contributed by atoms with van der Waals surface area (Å²) < 4.78 is 0. The Kier molecular flexibility index (Phi) is 7.53. The van der Waals surface area contributed by atoms with Crippen LogP contribution in [0.4, 0.5) is 0 Å². The Morgan fingerprint density at radius 1 is 1.00 bits per heavy atom. The molecule has 1 N–H and O–H groups in total. The molecule has 1 saturated heterocycles. The molecule has 2 nitrogen and oxygen atoms in total. The average molecular weight is 295 g/mol. The first-order chi connectivity index (χ1) is 10.2. The maximum Gasteiger partial charge on any atom is 0.0223 e. The highest BCUT2D eigenvalue weighted by atomic mass is 15.2. The summed E-state index contributed by atoms with van der Waals surface area (Å²) in [7, 11) is 0. The first-order valence-corrected chi connectivity index (χ1v) is 9.64. The zero-order valence-corrected chi connectivity index (χ0v) is 14.7. The van der Waals surface area contributed by atoms with Gasteiger partial charge in [-0.2, -0.15) is 0 Å². The minimum Gasteiger partial charge on any atom is -0.312 e. The van der Waals surface area contributed by atoms with E-state index in [0.717, 1.165) is 23.9 Å². The van der Waals surface area contributed by atoms with E-state index >= 15 is 0 Å². The van der Waals surface area contributed by atoms with Gasteiger partial charge in [0, 0.05) is 18.6 Å². The fraction of sp³-hybridized carbons (Fsp3) is 1.00. The molecule has 1 aliphatic carbocycles. The molecule has 0 aromatic carbocycles. The highest BCUT2D eigenvalue weighted by Gasteiger charge is 2.28. The minimum absolute atomic E-state index is 0.764. The van der Waals surface area contributed by atoms with Crippen LogP contribution < -0.4 is 5.32 Å². The Morgan fingerprint density at radius 2 is 1.76 bits per heavy atom. The average Bonchev–Trinajstić information content (AvgIpc) is 2.73. The van der Waals surface area contributed by atoms with E-state index in [1.807, 2.05) is 0 Å². The fourth-order valence-corrected chi connectivity index (χ4v) is 4.23. The standard InChI is InChI=1S/C19H38N2/c1-16(2)9-7-10-17(3)21-14-8-13-20-19(15-21)18-11-5-4-6-12-18/h16-20H,4-15H2,1-3H3.